The van der Waals surface area contributed by atoms with E-state index in [1.165, 1.54) is 31.2 Å². The molecule has 2 rings (SSSR count). The van der Waals surface area contributed by atoms with Gasteiger partial charge in [0.15, 0.2) is 0 Å². The third kappa shape index (κ3) is 5.39. The van der Waals surface area contributed by atoms with E-state index in [-0.39, 0.29) is 22.0 Å². The summed E-state index contributed by atoms with van der Waals surface area (Å²) < 4.78 is 5.42. The average molecular weight is 465 g/mol. The number of nitriles is 1. The van der Waals surface area contributed by atoms with Crippen LogP contribution in [-0.2, 0) is 9.59 Å². The first kappa shape index (κ1) is 21.1. The van der Waals surface area contributed by atoms with Gasteiger partial charge in [0, 0.05) is 18.0 Å². The molecule has 0 heterocycles. The molecule has 0 aliphatic heterocycles. The number of carbonyl (C=O) groups is 2. The number of esters is 1. The summed E-state index contributed by atoms with van der Waals surface area (Å²) in [4.78, 5) is 33.8. The number of hydrogen-bond acceptors (Lipinski definition) is 6. The van der Waals surface area contributed by atoms with Crippen molar-refractivity contribution in [3.63, 3.8) is 0 Å². The number of ether oxygens (including phenoxy) is 1. The monoisotopic (exact) mass is 463 g/mol. The van der Waals surface area contributed by atoms with Crippen LogP contribution in [-0.4, -0.2) is 16.8 Å². The standard InChI is InChI=1S/C18H11BrClN3O5/c1-10(24)28-17-5-2-11(7-14(17)19)6-12(9-21)18(25)22-15-4-3-13(20)8-16(15)23(26)27/h2-8H,1H3,(H,22,25)/b12-6+. The number of rotatable bonds is 5. The van der Waals surface area contributed by atoms with Crippen LogP contribution in [0.2, 0.25) is 5.02 Å². The van der Waals surface area contributed by atoms with E-state index in [1.54, 1.807) is 18.2 Å². The molecule has 0 unspecified atom stereocenters. The summed E-state index contributed by atoms with van der Waals surface area (Å²) in [6.45, 7) is 1.26. The van der Waals surface area contributed by atoms with Crippen molar-refractivity contribution < 1.29 is 19.2 Å². The summed E-state index contributed by atoms with van der Waals surface area (Å²) in [7, 11) is 0. The minimum Gasteiger partial charge on any atom is -0.426 e. The molecule has 10 heteroatoms. The van der Waals surface area contributed by atoms with Crippen molar-refractivity contribution in [1.29, 1.82) is 5.26 Å². The van der Waals surface area contributed by atoms with Crippen molar-refractivity contribution in [3.8, 4) is 11.8 Å². The van der Waals surface area contributed by atoms with E-state index >= 15 is 0 Å². The van der Waals surface area contributed by atoms with Crippen LogP contribution in [0.4, 0.5) is 11.4 Å². The van der Waals surface area contributed by atoms with Gasteiger partial charge in [-0.2, -0.15) is 5.26 Å². The number of amides is 1. The fourth-order valence-electron chi connectivity index (χ4n) is 2.11. The zero-order valence-corrected chi connectivity index (χ0v) is 16.6. The molecular formula is C18H11BrClN3O5. The SMILES string of the molecule is CC(=O)Oc1ccc(/C=C(\C#N)C(=O)Nc2ccc(Cl)cc2[N+](=O)[O-])cc1Br. The van der Waals surface area contributed by atoms with Crippen LogP contribution in [0.3, 0.4) is 0 Å². The number of halogens is 2. The Morgan fingerprint density at radius 1 is 1.32 bits per heavy atom. The maximum Gasteiger partial charge on any atom is 0.308 e. The van der Waals surface area contributed by atoms with E-state index in [0.29, 0.717) is 10.0 Å². The first-order chi connectivity index (χ1) is 13.2. The van der Waals surface area contributed by atoms with E-state index < -0.39 is 22.5 Å². The second kappa shape index (κ2) is 9.12. The normalized spacial score (nSPS) is 10.7. The van der Waals surface area contributed by atoms with Crippen molar-refractivity contribution in [3.05, 3.63) is 67.1 Å². The summed E-state index contributed by atoms with van der Waals surface area (Å²) in [6.07, 6.45) is 1.29. The van der Waals surface area contributed by atoms with E-state index in [4.69, 9.17) is 16.3 Å². The first-order valence-electron chi connectivity index (χ1n) is 7.56. The fraction of sp³-hybridized carbons (Fsp3) is 0.0556. The largest absolute Gasteiger partial charge is 0.426 e. The third-order valence-electron chi connectivity index (χ3n) is 3.29. The van der Waals surface area contributed by atoms with Crippen LogP contribution < -0.4 is 10.1 Å². The molecule has 0 fully saturated rings. The van der Waals surface area contributed by atoms with Gasteiger partial charge >= 0.3 is 5.97 Å². The van der Waals surface area contributed by atoms with Gasteiger partial charge in [-0.15, -0.1) is 0 Å². The zero-order chi connectivity index (χ0) is 20.8. The van der Waals surface area contributed by atoms with Crippen LogP contribution >= 0.6 is 27.5 Å². The van der Waals surface area contributed by atoms with Gasteiger partial charge in [0.2, 0.25) is 0 Å². The average Bonchev–Trinajstić information content (AvgIpc) is 2.62. The number of benzene rings is 2. The molecule has 0 spiro atoms. The van der Waals surface area contributed by atoms with Crippen LogP contribution in [0.5, 0.6) is 5.75 Å². The Hall–Kier alpha value is -3.22. The third-order valence-corrected chi connectivity index (χ3v) is 4.15. The van der Waals surface area contributed by atoms with Crippen LogP contribution in [0, 0.1) is 21.4 Å². The van der Waals surface area contributed by atoms with E-state index in [1.807, 2.05) is 0 Å². The van der Waals surface area contributed by atoms with Gasteiger partial charge in [0.25, 0.3) is 11.6 Å². The highest BCUT2D eigenvalue weighted by molar-refractivity contribution is 9.10. The Morgan fingerprint density at radius 3 is 2.61 bits per heavy atom. The zero-order valence-electron chi connectivity index (χ0n) is 14.2. The molecule has 0 radical (unpaired) electrons. The topological polar surface area (TPSA) is 122 Å². The Kier molecular flexibility index (Phi) is 6.87. The summed E-state index contributed by atoms with van der Waals surface area (Å²) >= 11 is 8.97. The number of carbonyl (C=O) groups excluding carboxylic acids is 2. The molecular weight excluding hydrogens is 454 g/mol. The molecule has 28 heavy (non-hydrogen) atoms. The highest BCUT2D eigenvalue weighted by Crippen LogP contribution is 2.29. The second-order valence-electron chi connectivity index (χ2n) is 5.33. The van der Waals surface area contributed by atoms with Crippen molar-refractivity contribution in [2.24, 2.45) is 0 Å². The highest BCUT2D eigenvalue weighted by atomic mass is 79.9. The Morgan fingerprint density at radius 2 is 2.04 bits per heavy atom. The van der Waals surface area contributed by atoms with Crippen molar-refractivity contribution in [2.45, 2.75) is 6.92 Å². The Bertz CT molecular complexity index is 1050. The number of nitro benzene ring substituents is 1. The molecule has 2 aromatic carbocycles. The van der Waals surface area contributed by atoms with Crippen molar-refractivity contribution >= 4 is 56.9 Å². The van der Waals surface area contributed by atoms with Gasteiger partial charge in [0.1, 0.15) is 23.1 Å². The predicted octanol–water partition coefficient (Wildman–Crippen LogP) is 4.48. The molecule has 0 bridgehead atoms. The molecule has 0 aliphatic carbocycles. The molecule has 2 aromatic rings. The van der Waals surface area contributed by atoms with Gasteiger partial charge in [0.05, 0.1) is 9.40 Å². The summed E-state index contributed by atoms with van der Waals surface area (Å²) in [5, 5.41) is 22.9. The molecule has 1 N–H and O–H groups in total. The van der Waals surface area contributed by atoms with E-state index in [2.05, 4.69) is 21.2 Å². The van der Waals surface area contributed by atoms with Gasteiger partial charge in [-0.25, -0.2) is 0 Å². The van der Waals surface area contributed by atoms with Gasteiger partial charge in [-0.3, -0.25) is 19.7 Å². The number of hydrogen-bond donors (Lipinski definition) is 1. The maximum absolute atomic E-state index is 12.4. The minimum absolute atomic E-state index is 0.0908. The lowest BCUT2D eigenvalue weighted by Gasteiger charge is -2.07. The van der Waals surface area contributed by atoms with Crippen LogP contribution in [0.15, 0.2) is 46.4 Å². The van der Waals surface area contributed by atoms with E-state index in [0.717, 1.165) is 6.07 Å². The maximum atomic E-state index is 12.4. The van der Waals surface area contributed by atoms with Gasteiger partial charge < -0.3 is 10.1 Å². The van der Waals surface area contributed by atoms with Crippen molar-refractivity contribution in [2.75, 3.05) is 5.32 Å². The molecule has 1 amide bonds. The summed E-state index contributed by atoms with van der Waals surface area (Å²) in [5.74, 6) is -1.04. The first-order valence-corrected chi connectivity index (χ1v) is 8.73. The molecule has 0 saturated carbocycles. The fourth-order valence-corrected chi connectivity index (χ4v) is 2.75. The summed E-state index contributed by atoms with van der Waals surface area (Å²) in [5.41, 5.74) is -0.296. The molecule has 0 aromatic heterocycles. The Balaban J connectivity index is 2.29. The van der Waals surface area contributed by atoms with E-state index in [9.17, 15) is 25.0 Å². The molecule has 0 atom stereocenters. The van der Waals surface area contributed by atoms with Crippen molar-refractivity contribution in [1.82, 2.24) is 0 Å². The number of nitrogens with zero attached hydrogens (tertiary/aromatic N) is 2. The summed E-state index contributed by atoms with van der Waals surface area (Å²) in [6, 6.07) is 10.1. The number of anilines is 1. The lowest BCUT2D eigenvalue weighted by atomic mass is 10.1. The van der Waals surface area contributed by atoms with Gasteiger partial charge in [-0.05, 0) is 51.8 Å². The molecule has 142 valence electrons. The second-order valence-corrected chi connectivity index (χ2v) is 6.62. The highest BCUT2D eigenvalue weighted by Gasteiger charge is 2.18. The lowest BCUT2D eigenvalue weighted by molar-refractivity contribution is -0.383. The molecule has 0 saturated heterocycles. The molecule has 0 aliphatic rings. The predicted molar refractivity (Wildman–Crippen MR) is 106 cm³/mol. The number of nitrogens with one attached hydrogen (secondary N) is 1. The quantitative estimate of drug-likeness (QED) is 0.174. The lowest BCUT2D eigenvalue weighted by Crippen LogP contribution is -2.14. The molecule has 8 nitrogen and oxygen atoms in total. The smallest absolute Gasteiger partial charge is 0.308 e. The number of nitro groups is 1. The Labute approximate surface area is 172 Å². The van der Waals surface area contributed by atoms with Crippen LogP contribution in [0.25, 0.3) is 6.08 Å². The van der Waals surface area contributed by atoms with Crippen LogP contribution in [0.1, 0.15) is 12.5 Å². The minimum atomic E-state index is -0.826. The van der Waals surface area contributed by atoms with Gasteiger partial charge in [-0.1, -0.05) is 17.7 Å².